The van der Waals surface area contributed by atoms with Gasteiger partial charge in [-0.25, -0.2) is 0 Å². The van der Waals surface area contributed by atoms with Gasteiger partial charge < -0.3 is 4.90 Å². The summed E-state index contributed by atoms with van der Waals surface area (Å²) in [4.78, 5) is 2.43. The van der Waals surface area contributed by atoms with Crippen molar-refractivity contribution < 1.29 is 1.43 Å². The van der Waals surface area contributed by atoms with Crippen LogP contribution in [0.2, 0.25) is 0 Å². The molecule has 1 aliphatic heterocycles. The van der Waals surface area contributed by atoms with Gasteiger partial charge in [-0.1, -0.05) is 14.4 Å². The summed E-state index contributed by atoms with van der Waals surface area (Å²) in [5, 5.41) is 0. The predicted molar refractivity (Wildman–Crippen MR) is 49.4 cm³/mol. The number of hydrogen-bond donors (Lipinski definition) is 0. The van der Waals surface area contributed by atoms with Crippen LogP contribution in [0.4, 0.5) is 0 Å². The molecule has 1 atom stereocenters. The van der Waals surface area contributed by atoms with Gasteiger partial charge in [0.05, 0.1) is 0 Å². The van der Waals surface area contributed by atoms with E-state index in [2.05, 4.69) is 18.9 Å². The third-order valence-corrected chi connectivity index (χ3v) is 2.24. The molecule has 10 heavy (non-hydrogen) atoms. The highest BCUT2D eigenvalue weighted by Crippen LogP contribution is 2.14. The zero-order valence-electron chi connectivity index (χ0n) is 6.56. The van der Waals surface area contributed by atoms with E-state index in [0.717, 1.165) is 5.92 Å². The molecule has 1 fully saturated rings. The highest BCUT2D eigenvalue weighted by atomic mass is 15.1. The molecule has 0 radical (unpaired) electrons. The Balaban J connectivity index is 0. The van der Waals surface area contributed by atoms with E-state index in [9.17, 15) is 0 Å². The van der Waals surface area contributed by atoms with Crippen molar-refractivity contribution in [2.24, 2.45) is 5.92 Å². The molecule has 0 aliphatic carbocycles. The number of likely N-dealkylation sites (tertiary alicyclic amines) is 1. The van der Waals surface area contributed by atoms with Crippen LogP contribution in [0.5, 0.6) is 0 Å². The maximum Gasteiger partial charge on any atom is 0 e. The van der Waals surface area contributed by atoms with Gasteiger partial charge >= 0.3 is 0 Å². The first-order chi connectivity index (χ1) is 4.29. The lowest BCUT2D eigenvalue weighted by Gasteiger charge is -2.11. The smallest absolute Gasteiger partial charge is 0 e. The lowest BCUT2D eigenvalue weighted by molar-refractivity contribution is 0.344. The second-order valence-corrected chi connectivity index (χ2v) is 3.34. The summed E-state index contributed by atoms with van der Waals surface area (Å²) in [6, 6.07) is 0. The molecule has 0 saturated carbocycles. The molecular formula is C9H23N. The minimum Gasteiger partial charge on any atom is -0.306 e. The van der Waals surface area contributed by atoms with E-state index in [1.54, 1.807) is 0 Å². The van der Waals surface area contributed by atoms with Crippen molar-refractivity contribution >= 4 is 0 Å². The second kappa shape index (κ2) is 4.73. The van der Waals surface area contributed by atoms with Crippen molar-refractivity contribution in [2.45, 2.75) is 33.6 Å². The van der Waals surface area contributed by atoms with Gasteiger partial charge in [0.1, 0.15) is 0 Å². The molecule has 0 amide bonds. The molecule has 0 aromatic heterocycles. The molecule has 1 rings (SSSR count). The molecule has 1 nitrogen and oxygen atoms in total. The zero-order chi connectivity index (χ0) is 6.69. The van der Waals surface area contributed by atoms with Crippen LogP contribution in [0.15, 0.2) is 0 Å². The normalized spacial score (nSPS) is 28.8. The highest BCUT2D eigenvalue weighted by Gasteiger charge is 2.09. The molecule has 0 aromatic carbocycles. The fourth-order valence-electron chi connectivity index (χ4n) is 1.41. The number of rotatable bonds is 0. The van der Waals surface area contributed by atoms with Gasteiger partial charge in [-0.2, -0.15) is 0 Å². The summed E-state index contributed by atoms with van der Waals surface area (Å²) in [5.74, 6) is 0.968. The summed E-state index contributed by atoms with van der Waals surface area (Å²) >= 11 is 0. The van der Waals surface area contributed by atoms with Crippen molar-refractivity contribution in [3.05, 3.63) is 0 Å². The van der Waals surface area contributed by atoms with E-state index in [1.165, 1.54) is 32.4 Å². The first-order valence-electron chi connectivity index (χ1n) is 3.97. The Labute approximate surface area is 66.9 Å². The van der Waals surface area contributed by atoms with Crippen LogP contribution in [-0.4, -0.2) is 25.0 Å². The van der Waals surface area contributed by atoms with Crippen molar-refractivity contribution in [3.63, 3.8) is 0 Å². The zero-order valence-corrected chi connectivity index (χ0v) is 6.56. The Bertz CT molecular complexity index is 75.6. The van der Waals surface area contributed by atoms with Gasteiger partial charge in [-0.15, -0.1) is 0 Å². The van der Waals surface area contributed by atoms with Crippen LogP contribution in [-0.2, 0) is 0 Å². The topological polar surface area (TPSA) is 3.24 Å². The third kappa shape index (κ3) is 3.21. The molecule has 1 unspecified atom stereocenters. The van der Waals surface area contributed by atoms with Gasteiger partial charge in [0.15, 0.2) is 0 Å². The van der Waals surface area contributed by atoms with Crippen LogP contribution >= 0.6 is 0 Å². The third-order valence-electron chi connectivity index (χ3n) is 2.24. The lowest BCUT2D eigenvalue weighted by atomic mass is 10.0. The maximum absolute atomic E-state index is 2.43. The fraction of sp³-hybridized carbons (Fsp3) is 1.00. The summed E-state index contributed by atoms with van der Waals surface area (Å²) in [5.41, 5.74) is 0. The van der Waals surface area contributed by atoms with Crippen LogP contribution in [0, 0.1) is 5.92 Å². The van der Waals surface area contributed by atoms with E-state index in [4.69, 9.17) is 0 Å². The van der Waals surface area contributed by atoms with Gasteiger partial charge in [0.25, 0.3) is 0 Å². The Morgan fingerprint density at radius 2 is 2.00 bits per heavy atom. The van der Waals surface area contributed by atoms with Gasteiger partial charge in [-0.05, 0) is 45.3 Å². The molecule has 64 valence electrons. The van der Waals surface area contributed by atoms with E-state index < -0.39 is 0 Å². The lowest BCUT2D eigenvalue weighted by Crippen LogP contribution is -2.18. The largest absolute Gasteiger partial charge is 0.306 e. The van der Waals surface area contributed by atoms with E-state index >= 15 is 0 Å². The Kier molecular flexibility index (Phi) is 4.71. The standard InChI is InChI=1S/C8H17N.CH4.H2/c1-8-4-3-6-9(2)7-5-8;;/h8H,3-7H2,1-2H3;1H4;1H. The Hall–Kier alpha value is -0.0400. The van der Waals surface area contributed by atoms with Crippen molar-refractivity contribution in [3.8, 4) is 0 Å². The summed E-state index contributed by atoms with van der Waals surface area (Å²) in [6.45, 7) is 4.98. The molecule has 0 bridgehead atoms. The highest BCUT2D eigenvalue weighted by molar-refractivity contribution is 4.63. The molecule has 1 saturated heterocycles. The van der Waals surface area contributed by atoms with E-state index in [0.29, 0.717) is 0 Å². The Morgan fingerprint density at radius 3 is 2.70 bits per heavy atom. The SMILES string of the molecule is C.CC1CCCN(C)CC1.[HH]. The van der Waals surface area contributed by atoms with E-state index in [-0.39, 0.29) is 8.85 Å². The summed E-state index contributed by atoms with van der Waals surface area (Å²) < 4.78 is 0. The molecule has 0 spiro atoms. The minimum atomic E-state index is 0. The average Bonchev–Trinajstić information content (AvgIpc) is 1.97. The van der Waals surface area contributed by atoms with Gasteiger partial charge in [-0.3, -0.25) is 0 Å². The average molecular weight is 145 g/mol. The number of nitrogens with zero attached hydrogens (tertiary/aromatic N) is 1. The summed E-state index contributed by atoms with van der Waals surface area (Å²) in [6.07, 6.45) is 4.23. The molecule has 0 aromatic rings. The van der Waals surface area contributed by atoms with Crippen LogP contribution in [0.3, 0.4) is 0 Å². The fourth-order valence-corrected chi connectivity index (χ4v) is 1.41. The van der Waals surface area contributed by atoms with Crippen LogP contribution in [0.25, 0.3) is 0 Å². The minimum absolute atomic E-state index is 0. The van der Waals surface area contributed by atoms with E-state index in [1.807, 2.05) is 0 Å². The second-order valence-electron chi connectivity index (χ2n) is 3.34. The molecule has 1 aliphatic rings. The maximum atomic E-state index is 2.43. The molecule has 0 N–H and O–H groups in total. The Morgan fingerprint density at radius 1 is 1.30 bits per heavy atom. The molecule has 1 heteroatoms. The summed E-state index contributed by atoms with van der Waals surface area (Å²) in [7, 11) is 2.22. The predicted octanol–water partition coefficient (Wildman–Crippen LogP) is 2.62. The van der Waals surface area contributed by atoms with Crippen LogP contribution in [0.1, 0.15) is 35.0 Å². The van der Waals surface area contributed by atoms with Gasteiger partial charge in [0.2, 0.25) is 0 Å². The van der Waals surface area contributed by atoms with Crippen molar-refractivity contribution in [1.29, 1.82) is 0 Å². The van der Waals surface area contributed by atoms with Crippen LogP contribution < -0.4 is 0 Å². The van der Waals surface area contributed by atoms with Gasteiger partial charge in [0, 0.05) is 1.43 Å². The monoisotopic (exact) mass is 145 g/mol. The number of hydrogen-bond acceptors (Lipinski definition) is 1. The quantitative estimate of drug-likeness (QED) is 0.506. The molecule has 1 heterocycles. The van der Waals surface area contributed by atoms with Crippen molar-refractivity contribution in [2.75, 3.05) is 20.1 Å². The first-order valence-corrected chi connectivity index (χ1v) is 3.97. The molecular weight excluding hydrogens is 122 g/mol. The van der Waals surface area contributed by atoms with Crippen molar-refractivity contribution in [1.82, 2.24) is 4.90 Å². The first kappa shape index (κ1) is 9.96.